The highest BCUT2D eigenvalue weighted by molar-refractivity contribution is 8.04. The highest BCUT2D eigenvalue weighted by Crippen LogP contribution is 2.35. The minimum atomic E-state index is 0.0281. The topological polar surface area (TPSA) is 49.6 Å². The van der Waals surface area contributed by atoms with Crippen LogP contribution in [0, 0.1) is 6.92 Å². The van der Waals surface area contributed by atoms with Crippen molar-refractivity contribution in [2.45, 2.75) is 37.4 Å². The van der Waals surface area contributed by atoms with E-state index in [0.29, 0.717) is 0 Å². The molecule has 5 rings (SSSR count). The Labute approximate surface area is 174 Å². The third-order valence-corrected chi connectivity index (χ3v) is 6.76. The van der Waals surface area contributed by atoms with E-state index in [1.165, 1.54) is 17.3 Å². The number of likely N-dealkylation sites (tertiary alicyclic amines) is 1. The zero-order valence-corrected chi connectivity index (χ0v) is 17.3. The van der Waals surface area contributed by atoms with Crippen LogP contribution in [0.1, 0.15) is 29.8 Å². The Morgan fingerprint density at radius 1 is 1.14 bits per heavy atom. The van der Waals surface area contributed by atoms with Gasteiger partial charge in [0.25, 0.3) is 5.91 Å². The summed E-state index contributed by atoms with van der Waals surface area (Å²) in [6.45, 7) is 5.00. The van der Waals surface area contributed by atoms with Crippen molar-refractivity contribution in [1.29, 1.82) is 0 Å². The molecule has 0 unspecified atom stereocenters. The number of benzene rings is 1. The summed E-state index contributed by atoms with van der Waals surface area (Å²) in [6.07, 6.45) is 3.96. The molecule has 0 radical (unpaired) electrons. The minimum absolute atomic E-state index is 0.0281. The van der Waals surface area contributed by atoms with Gasteiger partial charge in [0, 0.05) is 25.7 Å². The molecule has 1 aromatic carbocycles. The average molecular weight is 405 g/mol. The van der Waals surface area contributed by atoms with Crippen molar-refractivity contribution >= 4 is 29.4 Å². The van der Waals surface area contributed by atoms with E-state index in [1.807, 2.05) is 31.2 Å². The van der Waals surface area contributed by atoms with Crippen molar-refractivity contribution in [2.75, 3.05) is 13.1 Å². The first-order valence-corrected chi connectivity index (χ1v) is 10.9. The second-order valence-electron chi connectivity index (χ2n) is 7.76. The summed E-state index contributed by atoms with van der Waals surface area (Å²) in [4.78, 5) is 20.8. The van der Waals surface area contributed by atoms with Gasteiger partial charge in [0.05, 0.1) is 21.3 Å². The fourth-order valence-corrected chi connectivity index (χ4v) is 5.14. The number of nitrogens with zero attached hydrogens (tertiary/aromatic N) is 3. The number of rotatable bonds is 4. The van der Waals surface area contributed by atoms with Gasteiger partial charge >= 0.3 is 0 Å². The molecule has 2 aromatic heterocycles. The molecule has 5 nitrogen and oxygen atoms in total. The maximum atomic E-state index is 13.0. The van der Waals surface area contributed by atoms with Gasteiger partial charge in [0.15, 0.2) is 0 Å². The average Bonchev–Trinajstić information content (AvgIpc) is 3.07. The van der Waals surface area contributed by atoms with E-state index in [9.17, 15) is 4.79 Å². The standard InChI is InChI=1S/C23H24N4OS/c1-16-19-14-20(29-22-9-5-8-21(24-16)27(19)22)23(28)25-18-10-12-26(13-11-18)15-17-6-3-2-4-7-17/h2-9,14,18H,10-13,15H2,1H3,(H,25,28). The monoisotopic (exact) mass is 404 g/mol. The van der Waals surface area contributed by atoms with E-state index in [-0.39, 0.29) is 11.9 Å². The van der Waals surface area contributed by atoms with Gasteiger partial charge in [-0.05, 0) is 43.5 Å². The number of carbonyl (C=O) groups excluding carboxylic acids is 1. The maximum absolute atomic E-state index is 13.0. The molecule has 1 amide bonds. The summed E-state index contributed by atoms with van der Waals surface area (Å²) in [7, 11) is 0. The Hall–Kier alpha value is -2.57. The van der Waals surface area contributed by atoms with Crippen LogP contribution in [-0.4, -0.2) is 39.3 Å². The number of aryl methyl sites for hydroxylation is 1. The first-order chi connectivity index (χ1) is 14.2. The molecular formula is C23H24N4OS. The van der Waals surface area contributed by atoms with Crippen molar-refractivity contribution in [3.05, 3.63) is 70.4 Å². The summed E-state index contributed by atoms with van der Waals surface area (Å²) < 4.78 is 2.12. The number of imidazole rings is 1. The van der Waals surface area contributed by atoms with Crippen LogP contribution in [0.5, 0.6) is 0 Å². The largest absolute Gasteiger partial charge is 0.349 e. The van der Waals surface area contributed by atoms with Gasteiger partial charge < -0.3 is 5.32 Å². The summed E-state index contributed by atoms with van der Waals surface area (Å²) >= 11 is 1.52. The molecule has 3 aromatic rings. The highest BCUT2D eigenvalue weighted by atomic mass is 32.2. The lowest BCUT2D eigenvalue weighted by atomic mass is 10.0. The number of nitrogens with one attached hydrogen (secondary N) is 1. The van der Waals surface area contributed by atoms with Gasteiger partial charge in [0.1, 0.15) is 5.65 Å². The number of hydrogen-bond acceptors (Lipinski definition) is 4. The molecule has 1 fully saturated rings. The van der Waals surface area contributed by atoms with Crippen molar-refractivity contribution in [1.82, 2.24) is 19.6 Å². The van der Waals surface area contributed by atoms with Crippen molar-refractivity contribution in [3.63, 3.8) is 0 Å². The van der Waals surface area contributed by atoms with Crippen LogP contribution in [0.4, 0.5) is 0 Å². The first-order valence-electron chi connectivity index (χ1n) is 10.1. The summed E-state index contributed by atoms with van der Waals surface area (Å²) in [5.74, 6) is 0.0281. The Balaban J connectivity index is 1.22. The van der Waals surface area contributed by atoms with Crippen LogP contribution in [0.2, 0.25) is 0 Å². The second kappa shape index (κ2) is 7.69. The van der Waals surface area contributed by atoms with E-state index in [0.717, 1.165) is 59.4 Å². The molecule has 1 saturated heterocycles. The Kier molecular flexibility index (Phi) is 4.89. The van der Waals surface area contributed by atoms with E-state index in [1.54, 1.807) is 0 Å². The lowest BCUT2D eigenvalue weighted by molar-refractivity contribution is -0.117. The quantitative estimate of drug-likeness (QED) is 0.717. The number of thioether (sulfide) groups is 1. The fraction of sp³-hybridized carbons (Fsp3) is 0.304. The minimum Gasteiger partial charge on any atom is -0.349 e. The number of amides is 1. The molecule has 4 heterocycles. The molecule has 2 aliphatic heterocycles. The van der Waals surface area contributed by atoms with Crippen molar-refractivity contribution in [3.8, 4) is 0 Å². The normalized spacial score (nSPS) is 17.3. The predicted octanol–water partition coefficient (Wildman–Crippen LogP) is 3.87. The van der Waals surface area contributed by atoms with E-state index < -0.39 is 0 Å². The van der Waals surface area contributed by atoms with Gasteiger partial charge in [0.2, 0.25) is 0 Å². The Morgan fingerprint density at radius 2 is 1.93 bits per heavy atom. The van der Waals surface area contributed by atoms with Crippen molar-refractivity contribution < 1.29 is 4.79 Å². The summed E-state index contributed by atoms with van der Waals surface area (Å²) in [6, 6.07) is 16.9. The number of carbonyl (C=O) groups is 1. The highest BCUT2D eigenvalue weighted by Gasteiger charge is 2.25. The lowest BCUT2D eigenvalue weighted by Crippen LogP contribution is -2.44. The zero-order valence-electron chi connectivity index (χ0n) is 16.5. The molecule has 0 spiro atoms. The maximum Gasteiger partial charge on any atom is 0.258 e. The van der Waals surface area contributed by atoms with Crippen LogP contribution in [-0.2, 0) is 11.3 Å². The van der Waals surface area contributed by atoms with E-state index in [2.05, 4.69) is 49.9 Å². The van der Waals surface area contributed by atoms with Gasteiger partial charge in [-0.2, -0.15) is 0 Å². The molecule has 0 saturated carbocycles. The third kappa shape index (κ3) is 3.70. The first kappa shape index (κ1) is 18.5. The van der Waals surface area contributed by atoms with Crippen LogP contribution in [0.3, 0.4) is 0 Å². The van der Waals surface area contributed by atoms with Gasteiger partial charge in [-0.1, -0.05) is 48.2 Å². The van der Waals surface area contributed by atoms with Crippen LogP contribution >= 0.6 is 11.8 Å². The number of piperidine rings is 1. The molecule has 0 bridgehead atoms. The number of aromatic nitrogens is 2. The molecular weight excluding hydrogens is 380 g/mol. The zero-order chi connectivity index (χ0) is 19.8. The molecule has 2 aliphatic rings. The predicted molar refractivity (Wildman–Crippen MR) is 117 cm³/mol. The van der Waals surface area contributed by atoms with Gasteiger partial charge in [-0.15, -0.1) is 0 Å². The molecule has 0 atom stereocenters. The summed E-state index contributed by atoms with van der Waals surface area (Å²) in [5, 5.41) is 4.31. The molecule has 148 valence electrons. The van der Waals surface area contributed by atoms with Crippen molar-refractivity contribution in [2.24, 2.45) is 0 Å². The SMILES string of the molecule is Cc1nc2cccc3n2c1C=C(C(=O)NC1CCN(Cc2ccccc2)CC1)S3. The molecule has 29 heavy (non-hydrogen) atoms. The third-order valence-electron chi connectivity index (χ3n) is 5.71. The van der Waals surface area contributed by atoms with Crippen LogP contribution in [0.15, 0.2) is 58.5 Å². The molecule has 0 aliphatic carbocycles. The molecule has 6 heteroatoms. The Bertz CT molecular complexity index is 1080. The van der Waals surface area contributed by atoms with Gasteiger partial charge in [-0.25, -0.2) is 4.98 Å². The van der Waals surface area contributed by atoms with Crippen LogP contribution in [0.25, 0.3) is 11.7 Å². The summed E-state index contributed by atoms with van der Waals surface area (Å²) in [5.41, 5.74) is 4.25. The Morgan fingerprint density at radius 3 is 2.72 bits per heavy atom. The number of pyridine rings is 1. The van der Waals surface area contributed by atoms with E-state index in [4.69, 9.17) is 0 Å². The lowest BCUT2D eigenvalue weighted by Gasteiger charge is -2.32. The van der Waals surface area contributed by atoms with Crippen LogP contribution < -0.4 is 5.32 Å². The fourth-order valence-electron chi connectivity index (χ4n) is 4.16. The number of hydrogen-bond donors (Lipinski definition) is 1. The molecule has 1 N–H and O–H groups in total. The smallest absolute Gasteiger partial charge is 0.258 e. The van der Waals surface area contributed by atoms with E-state index >= 15 is 0 Å². The van der Waals surface area contributed by atoms with Gasteiger partial charge in [-0.3, -0.25) is 14.1 Å². The second-order valence-corrected chi connectivity index (χ2v) is 8.82.